The van der Waals surface area contributed by atoms with Crippen LogP contribution in [0.25, 0.3) is 0 Å². The highest BCUT2D eigenvalue weighted by atomic mass is 16.5. The molecule has 1 saturated heterocycles. The Hall–Kier alpha value is -0.0800. The van der Waals surface area contributed by atoms with Crippen molar-refractivity contribution in [3.8, 4) is 0 Å². The van der Waals surface area contributed by atoms with Crippen molar-refractivity contribution in [3.63, 3.8) is 0 Å². The predicted molar refractivity (Wildman–Crippen MR) is 83.9 cm³/mol. The number of ether oxygens (including phenoxy) is 1. The summed E-state index contributed by atoms with van der Waals surface area (Å²) >= 11 is 0. The Morgan fingerprint density at radius 3 is 2.55 bits per heavy atom. The molecular formula is C18H33NO. The lowest BCUT2D eigenvalue weighted by Gasteiger charge is -2.46. The minimum absolute atomic E-state index is 0.248. The summed E-state index contributed by atoms with van der Waals surface area (Å²) in [5, 5.41) is 4.03. The second-order valence-electron chi connectivity index (χ2n) is 7.82. The molecule has 3 aliphatic rings. The van der Waals surface area contributed by atoms with E-state index in [2.05, 4.69) is 19.2 Å². The van der Waals surface area contributed by atoms with Crippen LogP contribution in [-0.4, -0.2) is 24.3 Å². The van der Waals surface area contributed by atoms with Crippen molar-refractivity contribution in [2.75, 3.05) is 6.61 Å². The third kappa shape index (κ3) is 3.22. The summed E-state index contributed by atoms with van der Waals surface area (Å²) in [7, 11) is 0. The zero-order valence-electron chi connectivity index (χ0n) is 13.5. The van der Waals surface area contributed by atoms with Gasteiger partial charge in [0.2, 0.25) is 0 Å². The van der Waals surface area contributed by atoms with Gasteiger partial charge in [-0.25, -0.2) is 0 Å². The molecule has 1 N–H and O–H groups in total. The van der Waals surface area contributed by atoms with E-state index in [1.165, 1.54) is 64.2 Å². The van der Waals surface area contributed by atoms with Crippen LogP contribution >= 0.6 is 0 Å². The average Bonchev–Trinajstić information content (AvgIpc) is 2.45. The Kier molecular flexibility index (Phi) is 4.72. The largest absolute Gasteiger partial charge is 0.375 e. The molecule has 2 heteroatoms. The van der Waals surface area contributed by atoms with Gasteiger partial charge in [-0.1, -0.05) is 46.0 Å². The molecule has 3 fully saturated rings. The third-order valence-corrected chi connectivity index (χ3v) is 6.41. The van der Waals surface area contributed by atoms with Gasteiger partial charge in [-0.05, 0) is 43.9 Å². The highest BCUT2D eigenvalue weighted by Crippen LogP contribution is 2.39. The second-order valence-corrected chi connectivity index (χ2v) is 7.82. The van der Waals surface area contributed by atoms with Crippen LogP contribution in [0.5, 0.6) is 0 Å². The molecule has 1 aliphatic heterocycles. The summed E-state index contributed by atoms with van der Waals surface area (Å²) in [6, 6.07) is 1.46. The van der Waals surface area contributed by atoms with Gasteiger partial charge >= 0.3 is 0 Å². The zero-order chi connectivity index (χ0) is 14.0. The molecule has 20 heavy (non-hydrogen) atoms. The van der Waals surface area contributed by atoms with Gasteiger partial charge in [-0.15, -0.1) is 0 Å². The number of rotatable bonds is 2. The summed E-state index contributed by atoms with van der Waals surface area (Å²) in [4.78, 5) is 0. The Morgan fingerprint density at radius 1 is 0.950 bits per heavy atom. The minimum atomic E-state index is 0.248. The molecule has 0 aromatic heterocycles. The molecule has 0 aromatic carbocycles. The Balaban J connectivity index is 1.57. The Morgan fingerprint density at radius 2 is 1.75 bits per heavy atom. The van der Waals surface area contributed by atoms with Crippen molar-refractivity contribution in [3.05, 3.63) is 0 Å². The van der Waals surface area contributed by atoms with Gasteiger partial charge in [0.1, 0.15) is 0 Å². The molecule has 4 unspecified atom stereocenters. The van der Waals surface area contributed by atoms with E-state index in [1.807, 2.05) is 0 Å². The fraction of sp³-hybridized carbons (Fsp3) is 1.00. The molecule has 2 aliphatic carbocycles. The SMILES string of the molecule is CC1CCCC(NC2CCOC3(CCCCC3)C2)C1C. The lowest BCUT2D eigenvalue weighted by atomic mass is 9.75. The standard InChI is InChI=1S/C18H33NO/c1-14-7-6-8-17(15(14)2)19-16-9-12-20-18(13-16)10-4-3-5-11-18/h14-17,19H,3-13H2,1-2H3. The van der Waals surface area contributed by atoms with Crippen LogP contribution in [0, 0.1) is 11.8 Å². The highest BCUT2D eigenvalue weighted by molar-refractivity contribution is 4.94. The normalized spacial score (nSPS) is 41.7. The van der Waals surface area contributed by atoms with Crippen molar-refractivity contribution in [1.82, 2.24) is 5.32 Å². The van der Waals surface area contributed by atoms with Crippen molar-refractivity contribution < 1.29 is 4.74 Å². The quantitative estimate of drug-likeness (QED) is 0.814. The van der Waals surface area contributed by atoms with Crippen LogP contribution in [0.2, 0.25) is 0 Å². The molecule has 2 saturated carbocycles. The van der Waals surface area contributed by atoms with E-state index >= 15 is 0 Å². The molecule has 3 rings (SSSR count). The van der Waals surface area contributed by atoms with Gasteiger partial charge in [-0.2, -0.15) is 0 Å². The van der Waals surface area contributed by atoms with Crippen LogP contribution < -0.4 is 5.32 Å². The molecule has 0 aromatic rings. The van der Waals surface area contributed by atoms with Gasteiger partial charge in [0.25, 0.3) is 0 Å². The van der Waals surface area contributed by atoms with E-state index in [1.54, 1.807) is 0 Å². The van der Waals surface area contributed by atoms with E-state index < -0.39 is 0 Å². The second kappa shape index (κ2) is 6.36. The molecule has 4 atom stereocenters. The summed E-state index contributed by atoms with van der Waals surface area (Å²) < 4.78 is 6.23. The minimum Gasteiger partial charge on any atom is -0.375 e. The monoisotopic (exact) mass is 279 g/mol. The van der Waals surface area contributed by atoms with E-state index in [0.29, 0.717) is 6.04 Å². The van der Waals surface area contributed by atoms with E-state index in [-0.39, 0.29) is 5.60 Å². The van der Waals surface area contributed by atoms with Crippen molar-refractivity contribution in [2.24, 2.45) is 11.8 Å². The maximum Gasteiger partial charge on any atom is 0.0697 e. The van der Waals surface area contributed by atoms with E-state index in [4.69, 9.17) is 4.74 Å². The Labute approximate surface area is 125 Å². The lowest BCUT2D eigenvalue weighted by Crippen LogP contribution is -2.52. The Bertz CT molecular complexity index is 305. The number of nitrogens with one attached hydrogen (secondary N) is 1. The molecule has 0 bridgehead atoms. The van der Waals surface area contributed by atoms with E-state index in [0.717, 1.165) is 24.5 Å². The van der Waals surface area contributed by atoms with Gasteiger partial charge < -0.3 is 10.1 Å². The van der Waals surface area contributed by atoms with Gasteiger partial charge in [0.15, 0.2) is 0 Å². The van der Waals surface area contributed by atoms with Crippen LogP contribution in [0.1, 0.15) is 78.1 Å². The van der Waals surface area contributed by atoms with E-state index in [9.17, 15) is 0 Å². The van der Waals surface area contributed by atoms with Crippen LogP contribution in [-0.2, 0) is 4.74 Å². The smallest absolute Gasteiger partial charge is 0.0697 e. The predicted octanol–water partition coefficient (Wildman–Crippen LogP) is 4.28. The van der Waals surface area contributed by atoms with Gasteiger partial charge in [-0.3, -0.25) is 0 Å². The molecule has 1 heterocycles. The summed E-state index contributed by atoms with van der Waals surface area (Å²) in [6.07, 6.45) is 13.5. The van der Waals surface area contributed by atoms with Crippen LogP contribution in [0.3, 0.4) is 0 Å². The first-order chi connectivity index (χ1) is 9.69. The summed E-state index contributed by atoms with van der Waals surface area (Å²) in [6.45, 7) is 5.87. The van der Waals surface area contributed by atoms with Crippen LogP contribution in [0.4, 0.5) is 0 Å². The molecule has 1 spiro atoms. The first-order valence-corrected chi connectivity index (χ1v) is 9.09. The molecule has 0 amide bonds. The average molecular weight is 279 g/mol. The zero-order valence-corrected chi connectivity index (χ0v) is 13.5. The summed E-state index contributed by atoms with van der Waals surface area (Å²) in [5.74, 6) is 1.73. The van der Waals surface area contributed by atoms with Crippen molar-refractivity contribution in [1.29, 1.82) is 0 Å². The number of hydrogen-bond donors (Lipinski definition) is 1. The van der Waals surface area contributed by atoms with Crippen molar-refractivity contribution in [2.45, 2.75) is 95.7 Å². The lowest BCUT2D eigenvalue weighted by molar-refractivity contribution is -0.111. The molecule has 116 valence electrons. The molecule has 2 nitrogen and oxygen atoms in total. The maximum absolute atomic E-state index is 6.23. The van der Waals surface area contributed by atoms with Crippen LogP contribution in [0.15, 0.2) is 0 Å². The van der Waals surface area contributed by atoms with Gasteiger partial charge in [0, 0.05) is 18.7 Å². The topological polar surface area (TPSA) is 21.3 Å². The first kappa shape index (κ1) is 14.8. The fourth-order valence-corrected chi connectivity index (χ4v) is 4.83. The first-order valence-electron chi connectivity index (χ1n) is 9.09. The fourth-order valence-electron chi connectivity index (χ4n) is 4.83. The van der Waals surface area contributed by atoms with Crippen molar-refractivity contribution >= 4 is 0 Å². The maximum atomic E-state index is 6.23. The van der Waals surface area contributed by atoms with Gasteiger partial charge in [0.05, 0.1) is 5.60 Å². The molecular weight excluding hydrogens is 246 g/mol. The summed E-state index contributed by atoms with van der Waals surface area (Å²) in [5.41, 5.74) is 0.248. The third-order valence-electron chi connectivity index (χ3n) is 6.41. The molecule has 0 radical (unpaired) electrons. The number of hydrogen-bond acceptors (Lipinski definition) is 2. The highest BCUT2D eigenvalue weighted by Gasteiger charge is 2.39.